The van der Waals surface area contributed by atoms with Crippen LogP contribution in [0.3, 0.4) is 0 Å². The quantitative estimate of drug-likeness (QED) is 0.598. The standard InChI is InChI=1S/C22H24N6O3S/c1-22(2)14-26(20(29)17-10-7-11-18(24-17)32(3)31)12-13-27(22)21(30)19-23-15-28(25-19)16-8-5-4-6-9-16/h4-11,15H,12-14H2,1-3H3. The Bertz CT molecular complexity index is 1180. The number of amides is 2. The van der Waals surface area contributed by atoms with Crippen LogP contribution < -0.4 is 0 Å². The Balaban J connectivity index is 1.49. The van der Waals surface area contributed by atoms with Gasteiger partial charge in [-0.2, -0.15) is 0 Å². The minimum Gasteiger partial charge on any atom is -0.333 e. The maximum atomic E-state index is 13.2. The van der Waals surface area contributed by atoms with E-state index in [4.69, 9.17) is 0 Å². The van der Waals surface area contributed by atoms with Crippen LogP contribution in [-0.4, -0.2) is 77.0 Å². The molecule has 0 bridgehead atoms. The highest BCUT2D eigenvalue weighted by atomic mass is 32.2. The second-order valence-corrected chi connectivity index (χ2v) is 9.49. The van der Waals surface area contributed by atoms with E-state index in [0.717, 1.165) is 5.69 Å². The Morgan fingerprint density at radius 3 is 2.44 bits per heavy atom. The van der Waals surface area contributed by atoms with Crippen LogP contribution in [0.1, 0.15) is 35.0 Å². The molecule has 166 valence electrons. The molecule has 0 aliphatic carbocycles. The first-order valence-electron chi connectivity index (χ1n) is 10.1. The van der Waals surface area contributed by atoms with E-state index >= 15 is 0 Å². The Morgan fingerprint density at radius 2 is 1.75 bits per heavy atom. The molecule has 0 N–H and O–H groups in total. The maximum absolute atomic E-state index is 13.2. The first kappa shape index (κ1) is 21.8. The average molecular weight is 453 g/mol. The summed E-state index contributed by atoms with van der Waals surface area (Å²) in [6.07, 6.45) is 3.04. The van der Waals surface area contributed by atoms with Gasteiger partial charge in [-0.15, -0.1) is 5.10 Å². The maximum Gasteiger partial charge on any atom is 0.294 e. The van der Waals surface area contributed by atoms with Crippen molar-refractivity contribution in [3.63, 3.8) is 0 Å². The summed E-state index contributed by atoms with van der Waals surface area (Å²) in [6, 6.07) is 14.4. The number of para-hydroxylation sites is 1. The lowest BCUT2D eigenvalue weighted by Gasteiger charge is -2.46. The van der Waals surface area contributed by atoms with Crippen LogP contribution >= 0.6 is 0 Å². The second kappa shape index (κ2) is 8.62. The van der Waals surface area contributed by atoms with E-state index in [-0.39, 0.29) is 23.3 Å². The number of nitrogens with zero attached hydrogens (tertiary/aromatic N) is 6. The van der Waals surface area contributed by atoms with E-state index in [0.29, 0.717) is 24.7 Å². The van der Waals surface area contributed by atoms with Crippen molar-refractivity contribution in [1.82, 2.24) is 29.5 Å². The fourth-order valence-corrected chi connectivity index (χ4v) is 4.24. The molecule has 3 aromatic rings. The first-order valence-corrected chi connectivity index (χ1v) is 11.7. The van der Waals surface area contributed by atoms with Crippen LogP contribution in [0.2, 0.25) is 0 Å². The molecule has 1 aliphatic rings. The molecule has 1 saturated heterocycles. The Kier molecular flexibility index (Phi) is 5.88. The van der Waals surface area contributed by atoms with Gasteiger partial charge in [0.1, 0.15) is 17.0 Å². The molecule has 10 heteroatoms. The molecule has 0 spiro atoms. The molecule has 1 unspecified atom stereocenters. The van der Waals surface area contributed by atoms with Crippen LogP contribution in [0.4, 0.5) is 0 Å². The van der Waals surface area contributed by atoms with Gasteiger partial charge in [0.25, 0.3) is 11.8 Å². The second-order valence-electron chi connectivity index (χ2n) is 8.16. The fourth-order valence-electron chi connectivity index (χ4n) is 3.75. The molecule has 1 aromatic carbocycles. The van der Waals surface area contributed by atoms with Gasteiger partial charge in [0.2, 0.25) is 5.82 Å². The lowest BCUT2D eigenvalue weighted by atomic mass is 9.98. The summed E-state index contributed by atoms with van der Waals surface area (Å²) in [5.41, 5.74) is 0.432. The molecule has 2 amide bonds. The van der Waals surface area contributed by atoms with Crippen LogP contribution in [0.5, 0.6) is 0 Å². The van der Waals surface area contributed by atoms with Crippen LogP contribution in [0.15, 0.2) is 59.9 Å². The minimum atomic E-state index is -1.27. The van der Waals surface area contributed by atoms with Crippen LogP contribution in [0, 0.1) is 0 Å². The third-order valence-corrected chi connectivity index (χ3v) is 6.19. The zero-order valence-corrected chi connectivity index (χ0v) is 19.0. The lowest BCUT2D eigenvalue weighted by Crippen LogP contribution is -2.62. The van der Waals surface area contributed by atoms with Crippen molar-refractivity contribution in [2.24, 2.45) is 0 Å². The SMILES string of the molecule is CS(=O)c1cccc(C(=O)N2CCN(C(=O)c3ncn(-c4ccccc4)n3)C(C)(C)C2)n1. The average Bonchev–Trinajstić information content (AvgIpc) is 3.28. The van der Waals surface area contributed by atoms with Gasteiger partial charge in [-0.25, -0.2) is 14.6 Å². The van der Waals surface area contributed by atoms with Gasteiger partial charge in [-0.05, 0) is 38.1 Å². The van der Waals surface area contributed by atoms with Crippen molar-refractivity contribution in [2.45, 2.75) is 24.4 Å². The summed E-state index contributed by atoms with van der Waals surface area (Å²) in [6.45, 7) is 4.84. The predicted octanol–water partition coefficient (Wildman–Crippen LogP) is 1.78. The van der Waals surface area contributed by atoms with E-state index in [1.165, 1.54) is 12.6 Å². The van der Waals surface area contributed by atoms with Crippen molar-refractivity contribution < 1.29 is 13.8 Å². The molecule has 0 saturated carbocycles. The van der Waals surface area contributed by atoms with Gasteiger partial charge in [-0.3, -0.25) is 13.8 Å². The highest BCUT2D eigenvalue weighted by Crippen LogP contribution is 2.24. The van der Waals surface area contributed by atoms with Crippen LogP contribution in [-0.2, 0) is 10.8 Å². The van der Waals surface area contributed by atoms with E-state index in [1.54, 1.807) is 32.7 Å². The van der Waals surface area contributed by atoms with Gasteiger partial charge in [0.15, 0.2) is 0 Å². The molecule has 1 aliphatic heterocycles. The number of piperazine rings is 1. The van der Waals surface area contributed by atoms with E-state index in [1.807, 2.05) is 44.2 Å². The van der Waals surface area contributed by atoms with E-state index < -0.39 is 16.3 Å². The molecule has 0 radical (unpaired) electrons. The molecule has 1 fully saturated rings. The first-order chi connectivity index (χ1) is 15.3. The molecule has 9 nitrogen and oxygen atoms in total. The highest BCUT2D eigenvalue weighted by Gasteiger charge is 2.40. The number of hydrogen-bond donors (Lipinski definition) is 0. The van der Waals surface area contributed by atoms with Crippen LogP contribution in [0.25, 0.3) is 5.69 Å². The molecule has 3 heterocycles. The Hall–Kier alpha value is -3.40. The summed E-state index contributed by atoms with van der Waals surface area (Å²) >= 11 is 0. The molecule has 32 heavy (non-hydrogen) atoms. The number of hydrogen-bond acceptors (Lipinski definition) is 6. The number of benzene rings is 1. The summed E-state index contributed by atoms with van der Waals surface area (Å²) in [7, 11) is -1.27. The van der Waals surface area contributed by atoms with Crippen molar-refractivity contribution in [3.05, 3.63) is 66.4 Å². The third-order valence-electron chi connectivity index (χ3n) is 5.38. The van der Waals surface area contributed by atoms with Crippen molar-refractivity contribution in [1.29, 1.82) is 0 Å². The zero-order valence-electron chi connectivity index (χ0n) is 18.1. The monoisotopic (exact) mass is 452 g/mol. The normalized spacial score (nSPS) is 16.6. The highest BCUT2D eigenvalue weighted by molar-refractivity contribution is 7.84. The Labute approximate surface area is 188 Å². The smallest absolute Gasteiger partial charge is 0.294 e. The molecular weight excluding hydrogens is 428 g/mol. The van der Waals surface area contributed by atoms with Gasteiger partial charge < -0.3 is 9.80 Å². The van der Waals surface area contributed by atoms with Crippen molar-refractivity contribution >= 4 is 22.6 Å². The summed E-state index contributed by atoms with van der Waals surface area (Å²) in [4.78, 5) is 38.0. The Morgan fingerprint density at radius 1 is 1.00 bits per heavy atom. The number of carbonyl (C=O) groups excluding carboxylic acids is 2. The number of carbonyl (C=O) groups is 2. The molecule has 2 aromatic heterocycles. The van der Waals surface area contributed by atoms with Gasteiger partial charge in [0, 0.05) is 25.9 Å². The molecule has 1 atom stereocenters. The predicted molar refractivity (Wildman–Crippen MR) is 119 cm³/mol. The summed E-state index contributed by atoms with van der Waals surface area (Å²) in [5, 5.41) is 4.71. The van der Waals surface area contributed by atoms with E-state index in [9.17, 15) is 13.8 Å². The lowest BCUT2D eigenvalue weighted by molar-refractivity contribution is 0.0158. The molecule has 4 rings (SSSR count). The fraction of sp³-hybridized carbons (Fsp3) is 0.318. The third kappa shape index (κ3) is 4.31. The largest absolute Gasteiger partial charge is 0.333 e. The van der Waals surface area contributed by atoms with Crippen molar-refractivity contribution in [3.8, 4) is 5.69 Å². The zero-order chi connectivity index (χ0) is 22.9. The summed E-state index contributed by atoms with van der Waals surface area (Å²) < 4.78 is 13.3. The van der Waals surface area contributed by atoms with Gasteiger partial charge >= 0.3 is 0 Å². The van der Waals surface area contributed by atoms with Gasteiger partial charge in [-0.1, -0.05) is 24.3 Å². The number of pyridine rings is 1. The number of rotatable bonds is 4. The minimum absolute atomic E-state index is 0.112. The summed E-state index contributed by atoms with van der Waals surface area (Å²) in [5.74, 6) is -0.413. The van der Waals surface area contributed by atoms with E-state index in [2.05, 4.69) is 15.1 Å². The van der Waals surface area contributed by atoms with Crippen molar-refractivity contribution in [2.75, 3.05) is 25.9 Å². The topological polar surface area (TPSA) is 101 Å². The number of aromatic nitrogens is 4. The molecular formula is C22H24N6O3S. The van der Waals surface area contributed by atoms with Gasteiger partial charge in [0.05, 0.1) is 22.0 Å².